The second-order valence-electron chi connectivity index (χ2n) is 4.27. The molecule has 2 aromatic rings. The van der Waals surface area contributed by atoms with E-state index in [9.17, 15) is 10.0 Å². The Morgan fingerprint density at radius 1 is 1.33 bits per heavy atom. The van der Waals surface area contributed by atoms with E-state index in [0.29, 0.717) is 16.3 Å². The van der Waals surface area contributed by atoms with Gasteiger partial charge in [-0.1, -0.05) is 12.1 Å². The second-order valence-corrected chi connectivity index (χ2v) is 5.63. The summed E-state index contributed by atoms with van der Waals surface area (Å²) in [6.45, 7) is 1.71. The minimum atomic E-state index is -0.459. The van der Waals surface area contributed by atoms with E-state index in [1.807, 2.05) is 6.07 Å². The number of carbonyl (C=O) groups excluding carboxylic acids is 1. The van der Waals surface area contributed by atoms with E-state index in [0.717, 1.165) is 4.73 Å². The summed E-state index contributed by atoms with van der Waals surface area (Å²) in [5.74, 6) is -0.258. The molecule has 0 aliphatic heterocycles. The highest BCUT2D eigenvalue weighted by Crippen LogP contribution is 2.21. The second kappa shape index (κ2) is 6.77. The molecule has 0 fully saturated rings. The molecule has 1 aromatic carbocycles. The standard InChI is InChI=1S/C15H13N3O2S/c1-11(21-14-8-4-5-9-18(14)20)15(19)17-13-7-3-2-6-12(13)10-16/h2-9,11H,1H3,(H,17,19)/t11-/m1/s1. The molecule has 0 bridgehead atoms. The van der Waals surface area contributed by atoms with Gasteiger partial charge in [-0.25, -0.2) is 0 Å². The average Bonchev–Trinajstić information content (AvgIpc) is 2.50. The lowest BCUT2D eigenvalue weighted by atomic mass is 10.2. The highest BCUT2D eigenvalue weighted by atomic mass is 32.2. The Morgan fingerprint density at radius 3 is 2.76 bits per heavy atom. The van der Waals surface area contributed by atoms with Gasteiger partial charge >= 0.3 is 0 Å². The van der Waals surface area contributed by atoms with Crippen molar-refractivity contribution in [1.82, 2.24) is 0 Å². The van der Waals surface area contributed by atoms with Crippen LogP contribution in [0.15, 0.2) is 53.7 Å². The summed E-state index contributed by atoms with van der Waals surface area (Å²) < 4.78 is 0.720. The van der Waals surface area contributed by atoms with Gasteiger partial charge in [0, 0.05) is 12.1 Å². The molecule has 1 N–H and O–H groups in total. The topological polar surface area (TPSA) is 79.8 Å². The van der Waals surface area contributed by atoms with Crippen LogP contribution in [0.2, 0.25) is 0 Å². The first-order valence-corrected chi connectivity index (χ1v) is 7.14. The fraction of sp³-hybridized carbons (Fsp3) is 0.133. The van der Waals surface area contributed by atoms with Crippen molar-refractivity contribution in [2.75, 3.05) is 5.32 Å². The van der Waals surface area contributed by atoms with Crippen LogP contribution in [0.4, 0.5) is 5.69 Å². The van der Waals surface area contributed by atoms with Crippen LogP contribution in [0.3, 0.4) is 0 Å². The molecule has 0 unspecified atom stereocenters. The molecule has 1 heterocycles. The molecule has 106 valence electrons. The van der Waals surface area contributed by atoms with E-state index in [1.54, 1.807) is 49.4 Å². The molecule has 0 aliphatic rings. The molecule has 1 atom stereocenters. The van der Waals surface area contributed by atoms with Crippen molar-refractivity contribution < 1.29 is 9.52 Å². The number of pyridine rings is 1. The van der Waals surface area contributed by atoms with Gasteiger partial charge in [-0.05, 0) is 36.9 Å². The number of hydrogen-bond donors (Lipinski definition) is 1. The van der Waals surface area contributed by atoms with Crippen LogP contribution in [0.1, 0.15) is 12.5 Å². The van der Waals surface area contributed by atoms with Crippen molar-refractivity contribution in [3.05, 3.63) is 59.4 Å². The average molecular weight is 299 g/mol. The smallest absolute Gasteiger partial charge is 0.252 e. The zero-order valence-electron chi connectivity index (χ0n) is 11.3. The van der Waals surface area contributed by atoms with Crippen molar-refractivity contribution in [1.29, 1.82) is 5.26 Å². The molecule has 1 aromatic heterocycles. The predicted octanol–water partition coefficient (Wildman–Crippen LogP) is 2.31. The lowest BCUT2D eigenvalue weighted by Gasteiger charge is -2.12. The first-order valence-electron chi connectivity index (χ1n) is 6.26. The largest absolute Gasteiger partial charge is 0.618 e. The maximum absolute atomic E-state index is 12.1. The Balaban J connectivity index is 2.07. The van der Waals surface area contributed by atoms with E-state index >= 15 is 0 Å². The highest BCUT2D eigenvalue weighted by molar-refractivity contribution is 8.00. The van der Waals surface area contributed by atoms with Crippen LogP contribution < -0.4 is 10.0 Å². The molecular weight excluding hydrogens is 286 g/mol. The fourth-order valence-corrected chi connectivity index (χ4v) is 2.51. The number of carbonyl (C=O) groups is 1. The monoisotopic (exact) mass is 299 g/mol. The summed E-state index contributed by atoms with van der Waals surface area (Å²) in [7, 11) is 0. The summed E-state index contributed by atoms with van der Waals surface area (Å²) >= 11 is 1.17. The van der Waals surface area contributed by atoms with Crippen LogP contribution in [0, 0.1) is 16.5 Å². The molecule has 0 spiro atoms. The molecule has 21 heavy (non-hydrogen) atoms. The molecule has 1 amide bonds. The zero-order valence-corrected chi connectivity index (χ0v) is 12.1. The van der Waals surface area contributed by atoms with Crippen molar-refractivity contribution in [3.8, 4) is 6.07 Å². The SMILES string of the molecule is C[C@@H](Sc1cccc[n+]1[O-])C(=O)Nc1ccccc1C#N. The number of thioether (sulfide) groups is 1. The van der Waals surface area contributed by atoms with Gasteiger partial charge in [-0.15, -0.1) is 0 Å². The third kappa shape index (κ3) is 3.74. The first kappa shape index (κ1) is 14.9. The van der Waals surface area contributed by atoms with Crippen LogP contribution >= 0.6 is 11.8 Å². The Hall–Kier alpha value is -2.52. The summed E-state index contributed by atoms with van der Waals surface area (Å²) in [4.78, 5) is 12.1. The van der Waals surface area contributed by atoms with E-state index in [2.05, 4.69) is 5.32 Å². The molecule has 0 saturated heterocycles. The number of nitrogens with zero attached hydrogens (tertiary/aromatic N) is 2. The summed E-state index contributed by atoms with van der Waals surface area (Å²) in [5, 5.41) is 23.2. The van der Waals surface area contributed by atoms with Gasteiger partial charge in [0.1, 0.15) is 6.07 Å². The minimum Gasteiger partial charge on any atom is -0.618 e. The first-order chi connectivity index (χ1) is 10.1. The number of nitrogens with one attached hydrogen (secondary N) is 1. The number of nitriles is 1. The molecular formula is C15H13N3O2S. The Labute approximate surface area is 126 Å². The number of para-hydroxylation sites is 1. The Bertz CT molecular complexity index is 697. The normalized spacial score (nSPS) is 11.4. The number of anilines is 1. The molecule has 0 aliphatic carbocycles. The maximum atomic E-state index is 12.1. The summed E-state index contributed by atoms with van der Waals surface area (Å²) in [5.41, 5.74) is 0.877. The number of benzene rings is 1. The van der Waals surface area contributed by atoms with Crippen molar-refractivity contribution >= 4 is 23.4 Å². The maximum Gasteiger partial charge on any atom is 0.252 e. The van der Waals surface area contributed by atoms with Crippen LogP contribution in [0.25, 0.3) is 0 Å². The Morgan fingerprint density at radius 2 is 2.05 bits per heavy atom. The summed E-state index contributed by atoms with van der Waals surface area (Å²) in [6.07, 6.45) is 1.39. The van der Waals surface area contributed by atoms with Gasteiger partial charge < -0.3 is 10.5 Å². The van der Waals surface area contributed by atoms with Gasteiger partial charge in [0.25, 0.3) is 5.03 Å². The fourth-order valence-electron chi connectivity index (χ4n) is 1.66. The number of aromatic nitrogens is 1. The number of rotatable bonds is 4. The van der Waals surface area contributed by atoms with Crippen LogP contribution in [0.5, 0.6) is 0 Å². The lowest BCUT2D eigenvalue weighted by molar-refractivity contribution is -0.645. The van der Waals surface area contributed by atoms with Crippen molar-refractivity contribution in [2.45, 2.75) is 17.2 Å². The molecule has 2 rings (SSSR count). The number of hydrogen-bond acceptors (Lipinski definition) is 4. The third-order valence-corrected chi connectivity index (χ3v) is 3.89. The minimum absolute atomic E-state index is 0.258. The van der Waals surface area contributed by atoms with Gasteiger partial charge in [-0.2, -0.15) is 9.99 Å². The van der Waals surface area contributed by atoms with Gasteiger partial charge in [0.05, 0.1) is 16.5 Å². The van der Waals surface area contributed by atoms with E-state index < -0.39 is 5.25 Å². The quantitative estimate of drug-likeness (QED) is 0.534. The molecule has 5 nitrogen and oxygen atoms in total. The predicted molar refractivity (Wildman–Crippen MR) is 80.5 cm³/mol. The van der Waals surface area contributed by atoms with E-state index in [-0.39, 0.29) is 5.91 Å². The van der Waals surface area contributed by atoms with E-state index in [1.165, 1.54) is 18.0 Å². The van der Waals surface area contributed by atoms with Crippen molar-refractivity contribution in [2.24, 2.45) is 0 Å². The van der Waals surface area contributed by atoms with Gasteiger partial charge in [-0.3, -0.25) is 4.79 Å². The molecule has 0 radical (unpaired) electrons. The number of amides is 1. The molecule has 0 saturated carbocycles. The van der Waals surface area contributed by atoms with Crippen LogP contribution in [-0.4, -0.2) is 11.2 Å². The van der Waals surface area contributed by atoms with Crippen LogP contribution in [-0.2, 0) is 4.79 Å². The van der Waals surface area contributed by atoms with Crippen molar-refractivity contribution in [3.63, 3.8) is 0 Å². The third-order valence-electron chi connectivity index (χ3n) is 2.76. The van der Waals surface area contributed by atoms with E-state index in [4.69, 9.17) is 5.26 Å². The molecule has 6 heteroatoms. The van der Waals surface area contributed by atoms with Gasteiger partial charge in [0.15, 0.2) is 6.20 Å². The highest BCUT2D eigenvalue weighted by Gasteiger charge is 2.19. The lowest BCUT2D eigenvalue weighted by Crippen LogP contribution is -2.30. The van der Waals surface area contributed by atoms with Gasteiger partial charge in [0.2, 0.25) is 5.91 Å². The zero-order chi connectivity index (χ0) is 15.2. The Kier molecular flexibility index (Phi) is 4.80. The summed E-state index contributed by atoms with van der Waals surface area (Å²) in [6, 6.07) is 13.8.